The lowest BCUT2D eigenvalue weighted by molar-refractivity contribution is 0.386. The molecule has 0 saturated carbocycles. The van der Waals surface area contributed by atoms with E-state index in [2.05, 4.69) is 0 Å². The van der Waals surface area contributed by atoms with Gasteiger partial charge in [0.1, 0.15) is 5.75 Å². The second-order valence-corrected chi connectivity index (χ2v) is 4.43. The standard InChI is InChI=1S/C15H17FN2O2/c1-8-11(17)7-13(20-3)14(15(8)18)9-4-5-10(16)12(6-9)19-2/h4-7H,17-18H2,1-3H3. The largest absolute Gasteiger partial charge is 0.496 e. The zero-order valence-corrected chi connectivity index (χ0v) is 11.7. The monoisotopic (exact) mass is 276 g/mol. The van der Waals surface area contributed by atoms with E-state index < -0.39 is 5.82 Å². The molecule has 0 aliphatic rings. The highest BCUT2D eigenvalue weighted by Gasteiger charge is 2.16. The molecule has 4 N–H and O–H groups in total. The number of halogens is 1. The first-order valence-electron chi connectivity index (χ1n) is 6.06. The van der Waals surface area contributed by atoms with Crippen LogP contribution in [0.15, 0.2) is 24.3 Å². The van der Waals surface area contributed by atoms with Crippen LogP contribution >= 0.6 is 0 Å². The molecule has 0 heterocycles. The fourth-order valence-electron chi connectivity index (χ4n) is 2.07. The lowest BCUT2D eigenvalue weighted by atomic mass is 9.98. The number of anilines is 2. The van der Waals surface area contributed by atoms with E-state index in [1.807, 2.05) is 6.92 Å². The first-order valence-corrected chi connectivity index (χ1v) is 6.06. The molecular formula is C15H17FN2O2. The van der Waals surface area contributed by atoms with Crippen LogP contribution in [-0.2, 0) is 0 Å². The SMILES string of the molecule is COc1cc(-c2c(OC)cc(N)c(C)c2N)ccc1F. The third-order valence-electron chi connectivity index (χ3n) is 3.30. The van der Waals surface area contributed by atoms with Crippen molar-refractivity contribution >= 4 is 11.4 Å². The zero-order chi connectivity index (χ0) is 14.9. The highest BCUT2D eigenvalue weighted by molar-refractivity contribution is 5.87. The van der Waals surface area contributed by atoms with Crippen LogP contribution in [0.3, 0.4) is 0 Å². The van der Waals surface area contributed by atoms with Gasteiger partial charge >= 0.3 is 0 Å². The maximum atomic E-state index is 13.5. The Hall–Kier alpha value is -2.43. The van der Waals surface area contributed by atoms with Crippen molar-refractivity contribution in [3.05, 3.63) is 35.6 Å². The van der Waals surface area contributed by atoms with Crippen LogP contribution in [0.5, 0.6) is 11.5 Å². The third kappa shape index (κ3) is 2.22. The van der Waals surface area contributed by atoms with E-state index in [9.17, 15) is 4.39 Å². The zero-order valence-electron chi connectivity index (χ0n) is 11.7. The molecule has 0 amide bonds. The van der Waals surface area contributed by atoms with Crippen molar-refractivity contribution in [2.45, 2.75) is 6.92 Å². The Labute approximate surface area is 117 Å². The van der Waals surface area contributed by atoms with Crippen LogP contribution in [0.4, 0.5) is 15.8 Å². The molecule has 5 heteroatoms. The van der Waals surface area contributed by atoms with Gasteiger partial charge in [-0.2, -0.15) is 0 Å². The number of ether oxygens (including phenoxy) is 2. The Morgan fingerprint density at radius 3 is 2.25 bits per heavy atom. The molecule has 0 fully saturated rings. The third-order valence-corrected chi connectivity index (χ3v) is 3.30. The van der Waals surface area contributed by atoms with Crippen molar-refractivity contribution in [2.75, 3.05) is 25.7 Å². The van der Waals surface area contributed by atoms with Crippen LogP contribution in [0.25, 0.3) is 11.1 Å². The van der Waals surface area contributed by atoms with Gasteiger partial charge in [-0.25, -0.2) is 4.39 Å². The van der Waals surface area contributed by atoms with Crippen LogP contribution in [-0.4, -0.2) is 14.2 Å². The summed E-state index contributed by atoms with van der Waals surface area (Å²) in [6, 6.07) is 6.25. The number of rotatable bonds is 3. The number of hydrogen-bond donors (Lipinski definition) is 2. The lowest BCUT2D eigenvalue weighted by Crippen LogP contribution is -2.02. The van der Waals surface area contributed by atoms with E-state index in [1.165, 1.54) is 20.3 Å². The van der Waals surface area contributed by atoms with Crippen molar-refractivity contribution in [3.8, 4) is 22.6 Å². The van der Waals surface area contributed by atoms with E-state index in [4.69, 9.17) is 20.9 Å². The van der Waals surface area contributed by atoms with E-state index in [0.717, 1.165) is 5.56 Å². The van der Waals surface area contributed by atoms with Gasteiger partial charge in [-0.15, -0.1) is 0 Å². The average Bonchev–Trinajstić information content (AvgIpc) is 2.45. The number of methoxy groups -OCH3 is 2. The molecule has 0 atom stereocenters. The second kappa shape index (κ2) is 5.28. The highest BCUT2D eigenvalue weighted by atomic mass is 19.1. The molecule has 0 bridgehead atoms. The molecule has 106 valence electrons. The normalized spacial score (nSPS) is 10.4. The minimum absolute atomic E-state index is 0.151. The summed E-state index contributed by atoms with van der Waals surface area (Å²) in [7, 11) is 2.95. The van der Waals surface area contributed by atoms with Gasteiger partial charge in [0, 0.05) is 23.0 Å². The number of benzene rings is 2. The first-order chi connectivity index (χ1) is 9.49. The van der Waals surface area contributed by atoms with Crippen molar-refractivity contribution in [1.82, 2.24) is 0 Å². The molecule has 2 rings (SSSR count). The molecule has 0 aliphatic heterocycles. The van der Waals surface area contributed by atoms with Gasteiger partial charge in [0.2, 0.25) is 0 Å². The van der Waals surface area contributed by atoms with Crippen molar-refractivity contribution in [3.63, 3.8) is 0 Å². The second-order valence-electron chi connectivity index (χ2n) is 4.43. The summed E-state index contributed by atoms with van der Waals surface area (Å²) in [5.41, 5.74) is 15.2. The minimum Gasteiger partial charge on any atom is -0.496 e. The first kappa shape index (κ1) is 14.0. The van der Waals surface area contributed by atoms with Gasteiger partial charge < -0.3 is 20.9 Å². The smallest absolute Gasteiger partial charge is 0.165 e. The predicted octanol–water partition coefficient (Wildman–Crippen LogP) is 2.98. The summed E-state index contributed by atoms with van der Waals surface area (Å²) in [6.45, 7) is 1.83. The summed E-state index contributed by atoms with van der Waals surface area (Å²) >= 11 is 0. The summed E-state index contributed by atoms with van der Waals surface area (Å²) in [4.78, 5) is 0. The summed E-state index contributed by atoms with van der Waals surface area (Å²) in [5.74, 6) is 0.263. The van der Waals surface area contributed by atoms with E-state index in [-0.39, 0.29) is 5.75 Å². The minimum atomic E-state index is -0.430. The lowest BCUT2D eigenvalue weighted by Gasteiger charge is -2.16. The van der Waals surface area contributed by atoms with Crippen LogP contribution in [0.1, 0.15) is 5.56 Å². The van der Waals surface area contributed by atoms with Gasteiger partial charge in [0.25, 0.3) is 0 Å². The summed E-state index contributed by atoms with van der Waals surface area (Å²) in [5, 5.41) is 0. The van der Waals surface area contributed by atoms with E-state index >= 15 is 0 Å². The molecule has 4 nitrogen and oxygen atoms in total. The Morgan fingerprint density at radius 1 is 1.00 bits per heavy atom. The van der Waals surface area contributed by atoms with Gasteiger partial charge in [-0.05, 0) is 30.2 Å². The molecule has 0 saturated heterocycles. The molecule has 2 aromatic carbocycles. The van der Waals surface area contributed by atoms with Gasteiger partial charge in [0.05, 0.1) is 14.2 Å². The molecule has 2 aromatic rings. The molecular weight excluding hydrogens is 259 g/mol. The van der Waals surface area contributed by atoms with Crippen molar-refractivity contribution in [1.29, 1.82) is 0 Å². The topological polar surface area (TPSA) is 70.5 Å². The summed E-state index contributed by atoms with van der Waals surface area (Å²) < 4.78 is 23.8. The van der Waals surface area contributed by atoms with E-state index in [0.29, 0.717) is 28.3 Å². The van der Waals surface area contributed by atoms with Crippen LogP contribution < -0.4 is 20.9 Å². The Balaban J connectivity index is 2.71. The maximum absolute atomic E-state index is 13.5. The molecule has 0 aromatic heterocycles. The highest BCUT2D eigenvalue weighted by Crippen LogP contribution is 2.41. The van der Waals surface area contributed by atoms with E-state index in [1.54, 1.807) is 18.2 Å². The Bertz CT molecular complexity index is 657. The number of hydrogen-bond acceptors (Lipinski definition) is 4. The van der Waals surface area contributed by atoms with Crippen LogP contribution in [0, 0.1) is 12.7 Å². The molecule has 0 radical (unpaired) electrons. The number of nitrogen functional groups attached to an aromatic ring is 2. The quantitative estimate of drug-likeness (QED) is 0.845. The Kier molecular flexibility index (Phi) is 3.70. The van der Waals surface area contributed by atoms with Crippen LogP contribution in [0.2, 0.25) is 0 Å². The van der Waals surface area contributed by atoms with Crippen molar-refractivity contribution in [2.24, 2.45) is 0 Å². The van der Waals surface area contributed by atoms with Gasteiger partial charge in [-0.1, -0.05) is 6.07 Å². The van der Waals surface area contributed by atoms with Gasteiger partial charge in [0.15, 0.2) is 11.6 Å². The predicted molar refractivity (Wildman–Crippen MR) is 78.5 cm³/mol. The number of nitrogens with two attached hydrogens (primary N) is 2. The molecule has 0 spiro atoms. The molecule has 0 unspecified atom stereocenters. The van der Waals surface area contributed by atoms with Crippen molar-refractivity contribution < 1.29 is 13.9 Å². The fraction of sp³-hybridized carbons (Fsp3) is 0.200. The fourth-order valence-corrected chi connectivity index (χ4v) is 2.07. The molecule has 0 aliphatic carbocycles. The average molecular weight is 276 g/mol. The summed E-state index contributed by atoms with van der Waals surface area (Å²) in [6.07, 6.45) is 0. The molecule has 20 heavy (non-hydrogen) atoms. The maximum Gasteiger partial charge on any atom is 0.165 e. The Morgan fingerprint density at radius 2 is 1.65 bits per heavy atom. The van der Waals surface area contributed by atoms with Gasteiger partial charge in [-0.3, -0.25) is 0 Å².